The van der Waals surface area contributed by atoms with Gasteiger partial charge in [0, 0.05) is 24.2 Å². The van der Waals surface area contributed by atoms with Crippen LogP contribution in [0.1, 0.15) is 74.1 Å². The van der Waals surface area contributed by atoms with Crippen molar-refractivity contribution in [3.8, 4) is 0 Å². The fourth-order valence-corrected chi connectivity index (χ4v) is 7.29. The van der Waals surface area contributed by atoms with Crippen molar-refractivity contribution in [3.63, 3.8) is 0 Å². The molecule has 4 atom stereocenters. The number of allylic oxidation sites excluding steroid dienone is 4. The van der Waals surface area contributed by atoms with Crippen molar-refractivity contribution in [2.24, 2.45) is 17.8 Å². The zero-order valence-corrected chi connectivity index (χ0v) is 18.9. The van der Waals surface area contributed by atoms with Crippen molar-refractivity contribution in [2.75, 3.05) is 0 Å². The number of aromatic nitrogens is 1. The highest BCUT2D eigenvalue weighted by atomic mass is 16.1. The topological polar surface area (TPSA) is 30.0 Å². The third-order valence-corrected chi connectivity index (χ3v) is 8.75. The number of carbonyl (C=O) groups is 1. The quantitative estimate of drug-likeness (QED) is 0.543. The van der Waals surface area contributed by atoms with Crippen LogP contribution in [0.3, 0.4) is 0 Å². The van der Waals surface area contributed by atoms with Crippen LogP contribution in [0, 0.1) is 17.8 Å². The van der Waals surface area contributed by atoms with E-state index in [1.807, 2.05) is 18.3 Å². The molecule has 2 nitrogen and oxygen atoms in total. The van der Waals surface area contributed by atoms with E-state index < -0.39 is 0 Å². The van der Waals surface area contributed by atoms with Gasteiger partial charge in [-0.3, -0.25) is 9.78 Å². The summed E-state index contributed by atoms with van der Waals surface area (Å²) in [5, 5.41) is 0. The lowest BCUT2D eigenvalue weighted by Gasteiger charge is -2.44. The Bertz CT molecular complexity index is 1060. The number of hydrogen-bond donors (Lipinski definition) is 0. The van der Waals surface area contributed by atoms with Gasteiger partial charge >= 0.3 is 0 Å². The zero-order valence-electron chi connectivity index (χ0n) is 18.9. The molecule has 164 valence electrons. The number of benzene rings is 1. The lowest BCUT2D eigenvalue weighted by Crippen LogP contribution is -2.32. The molecule has 0 aliphatic heterocycles. The summed E-state index contributed by atoms with van der Waals surface area (Å²) in [6.07, 6.45) is 15.8. The summed E-state index contributed by atoms with van der Waals surface area (Å²) < 4.78 is 0. The van der Waals surface area contributed by atoms with Crippen LogP contribution in [-0.4, -0.2) is 10.8 Å². The minimum absolute atomic E-state index is 0.267. The summed E-state index contributed by atoms with van der Waals surface area (Å²) in [4.78, 5) is 17.1. The third-order valence-electron chi connectivity index (χ3n) is 8.75. The van der Waals surface area contributed by atoms with E-state index in [0.717, 1.165) is 42.7 Å². The molecule has 4 aliphatic carbocycles. The molecule has 2 saturated carbocycles. The molecule has 2 aromatic rings. The maximum Gasteiger partial charge on any atom is 0.156 e. The van der Waals surface area contributed by atoms with Crippen LogP contribution in [-0.2, 0) is 17.6 Å². The van der Waals surface area contributed by atoms with Crippen molar-refractivity contribution in [1.29, 1.82) is 0 Å². The molecule has 0 radical (unpaired) electrons. The van der Waals surface area contributed by atoms with E-state index in [1.165, 1.54) is 55.2 Å². The van der Waals surface area contributed by atoms with Crippen molar-refractivity contribution in [2.45, 2.75) is 70.1 Å². The molecular formula is C30H33NO. The van der Waals surface area contributed by atoms with Gasteiger partial charge in [-0.25, -0.2) is 0 Å². The lowest BCUT2D eigenvalue weighted by molar-refractivity contribution is -0.115. The molecule has 1 heterocycles. The summed E-state index contributed by atoms with van der Waals surface area (Å²) in [7, 11) is 0. The Kier molecular flexibility index (Phi) is 5.33. The maximum absolute atomic E-state index is 12.7. The molecule has 0 saturated heterocycles. The number of hydrogen-bond acceptors (Lipinski definition) is 2. The minimum atomic E-state index is 0.267. The summed E-state index contributed by atoms with van der Waals surface area (Å²) in [6, 6.07) is 15.3. The molecule has 32 heavy (non-hydrogen) atoms. The van der Waals surface area contributed by atoms with Gasteiger partial charge in [-0.1, -0.05) is 48.7 Å². The van der Waals surface area contributed by atoms with Crippen LogP contribution in [0.2, 0.25) is 0 Å². The van der Waals surface area contributed by atoms with Crippen molar-refractivity contribution >= 4 is 5.78 Å². The Balaban J connectivity index is 1.28. The smallest absolute Gasteiger partial charge is 0.156 e. The van der Waals surface area contributed by atoms with E-state index in [2.05, 4.69) is 41.4 Å². The minimum Gasteiger partial charge on any atom is -0.295 e. The summed E-state index contributed by atoms with van der Waals surface area (Å²) in [6.45, 7) is 0. The zero-order chi connectivity index (χ0) is 21.5. The highest BCUT2D eigenvalue weighted by Crippen LogP contribution is 2.56. The van der Waals surface area contributed by atoms with Crippen molar-refractivity contribution in [1.82, 2.24) is 4.98 Å². The molecule has 0 bridgehead atoms. The van der Waals surface area contributed by atoms with Crippen molar-refractivity contribution < 1.29 is 4.79 Å². The molecule has 0 amide bonds. The van der Waals surface area contributed by atoms with Gasteiger partial charge in [0.05, 0.1) is 0 Å². The number of aryl methyl sites for hydroxylation is 2. The molecule has 2 fully saturated rings. The Morgan fingerprint density at radius 1 is 0.906 bits per heavy atom. The monoisotopic (exact) mass is 423 g/mol. The van der Waals surface area contributed by atoms with Gasteiger partial charge in [0.25, 0.3) is 0 Å². The molecule has 6 rings (SSSR count). The molecule has 1 aromatic carbocycles. The molecule has 4 aliphatic rings. The molecule has 2 heteroatoms. The molecular weight excluding hydrogens is 390 g/mol. The number of nitrogens with zero attached hydrogens (tertiary/aromatic N) is 1. The Hall–Kier alpha value is -2.48. The van der Waals surface area contributed by atoms with E-state index in [9.17, 15) is 4.79 Å². The van der Waals surface area contributed by atoms with Gasteiger partial charge in [-0.05, 0) is 103 Å². The first-order valence-corrected chi connectivity index (χ1v) is 12.7. The van der Waals surface area contributed by atoms with Crippen LogP contribution < -0.4 is 0 Å². The standard InChI is InChI=1S/C30H33NO/c32-25-18-23-13-15-27-26-6-3-4-21(26)12-16-28(27)30(23)29(19-25)22-10-7-20(8-11-22)9-14-24-5-1-2-17-31-24/h1-2,5,7-8,10-11,17-18,21,26-27,29H,3-4,6,9,12-16,19H2. The first-order chi connectivity index (χ1) is 15.8. The first-order valence-electron chi connectivity index (χ1n) is 12.7. The number of carbonyl (C=O) groups excluding carboxylic acids is 1. The fraction of sp³-hybridized carbons (Fsp3) is 0.467. The van der Waals surface area contributed by atoms with E-state index in [4.69, 9.17) is 0 Å². The number of fused-ring (bicyclic) bond motifs is 4. The predicted molar refractivity (Wildman–Crippen MR) is 128 cm³/mol. The third kappa shape index (κ3) is 3.68. The summed E-state index contributed by atoms with van der Waals surface area (Å²) in [5.74, 6) is 3.26. The normalized spacial score (nSPS) is 29.2. The van der Waals surface area contributed by atoms with E-state index in [1.54, 1.807) is 11.1 Å². The van der Waals surface area contributed by atoms with E-state index >= 15 is 0 Å². The maximum atomic E-state index is 12.7. The van der Waals surface area contributed by atoms with Gasteiger partial charge in [-0.15, -0.1) is 0 Å². The highest BCUT2D eigenvalue weighted by Gasteiger charge is 2.44. The van der Waals surface area contributed by atoms with E-state index in [0.29, 0.717) is 12.2 Å². The van der Waals surface area contributed by atoms with Crippen LogP contribution in [0.5, 0.6) is 0 Å². The van der Waals surface area contributed by atoms with Crippen LogP contribution in [0.15, 0.2) is 71.5 Å². The second kappa shape index (κ2) is 8.46. The number of rotatable bonds is 4. The van der Waals surface area contributed by atoms with Crippen LogP contribution >= 0.6 is 0 Å². The Morgan fingerprint density at radius 2 is 1.81 bits per heavy atom. The largest absolute Gasteiger partial charge is 0.295 e. The Labute approximate surface area is 191 Å². The van der Waals surface area contributed by atoms with Gasteiger partial charge in [0.2, 0.25) is 0 Å². The van der Waals surface area contributed by atoms with E-state index in [-0.39, 0.29) is 5.92 Å². The molecule has 0 N–H and O–H groups in total. The average Bonchev–Trinajstić information content (AvgIpc) is 3.32. The average molecular weight is 424 g/mol. The van der Waals surface area contributed by atoms with Gasteiger partial charge in [-0.2, -0.15) is 0 Å². The molecule has 1 aromatic heterocycles. The Morgan fingerprint density at radius 3 is 2.66 bits per heavy atom. The lowest BCUT2D eigenvalue weighted by atomic mass is 9.61. The second-order valence-electron chi connectivity index (χ2n) is 10.4. The van der Waals surface area contributed by atoms with Crippen LogP contribution in [0.25, 0.3) is 0 Å². The second-order valence-corrected chi connectivity index (χ2v) is 10.4. The first kappa shape index (κ1) is 20.1. The van der Waals surface area contributed by atoms with Crippen molar-refractivity contribution in [3.05, 3.63) is 88.3 Å². The molecule has 0 spiro atoms. The number of pyridine rings is 1. The SMILES string of the molecule is O=C1C=C2CCC3C(=C2C(c2ccc(CCc4ccccn4)cc2)C1)CCC1CCCC13. The van der Waals surface area contributed by atoms with Gasteiger partial charge < -0.3 is 0 Å². The highest BCUT2D eigenvalue weighted by molar-refractivity contribution is 5.94. The molecule has 4 unspecified atom stereocenters. The fourth-order valence-electron chi connectivity index (χ4n) is 7.29. The number of ketones is 1. The van der Waals surface area contributed by atoms with Gasteiger partial charge in [0.15, 0.2) is 5.78 Å². The van der Waals surface area contributed by atoms with Gasteiger partial charge in [0.1, 0.15) is 0 Å². The predicted octanol–water partition coefficient (Wildman–Crippen LogP) is 6.77. The van der Waals surface area contributed by atoms with Crippen LogP contribution in [0.4, 0.5) is 0 Å². The summed E-state index contributed by atoms with van der Waals surface area (Å²) >= 11 is 0. The summed E-state index contributed by atoms with van der Waals surface area (Å²) in [5.41, 5.74) is 8.51.